The molecule has 7 nitrogen and oxygen atoms in total. The van der Waals surface area contributed by atoms with E-state index in [-0.39, 0.29) is 24.5 Å². The van der Waals surface area contributed by atoms with Crippen LogP contribution < -0.4 is 5.32 Å². The first-order chi connectivity index (χ1) is 7.24. The Morgan fingerprint density at radius 2 is 2.40 bits per heavy atom. The van der Waals surface area contributed by atoms with Gasteiger partial charge in [-0.2, -0.15) is 0 Å². The molecule has 7 heteroatoms. The lowest BCUT2D eigenvalue weighted by Gasteiger charge is -2.12. The third-order valence-electron chi connectivity index (χ3n) is 2.65. The minimum Gasteiger partial charge on any atom is -0.396 e. The maximum atomic E-state index is 11.4. The molecule has 15 heavy (non-hydrogen) atoms. The molecular weight excluding hydrogens is 198 g/mol. The van der Waals surface area contributed by atoms with Crippen molar-refractivity contribution in [3.8, 4) is 0 Å². The molecule has 0 bridgehead atoms. The normalized spacial score (nSPS) is 17.4. The average Bonchev–Trinajstić information content (AvgIpc) is 2.86. The van der Waals surface area contributed by atoms with Gasteiger partial charge in [0.05, 0.1) is 6.61 Å². The van der Waals surface area contributed by atoms with Gasteiger partial charge in [-0.15, -0.1) is 5.10 Å². The molecule has 1 amide bonds. The molecule has 1 heterocycles. The monoisotopic (exact) mass is 211 g/mol. The topological polar surface area (TPSA) is 92.9 Å². The Bertz CT molecular complexity index is 333. The average molecular weight is 211 g/mol. The Balaban J connectivity index is 1.74. The van der Waals surface area contributed by atoms with E-state index in [1.807, 2.05) is 0 Å². The molecule has 0 atom stereocenters. The summed E-state index contributed by atoms with van der Waals surface area (Å²) in [4.78, 5) is 11.4. The zero-order valence-electron chi connectivity index (χ0n) is 8.26. The number of aliphatic hydroxyl groups excluding tert-OH is 1. The largest absolute Gasteiger partial charge is 0.396 e. The van der Waals surface area contributed by atoms with Crippen molar-refractivity contribution in [2.75, 3.05) is 13.2 Å². The molecule has 0 spiro atoms. The molecule has 0 unspecified atom stereocenters. The van der Waals surface area contributed by atoms with Crippen LogP contribution in [0, 0.1) is 5.41 Å². The second kappa shape index (κ2) is 3.93. The Kier molecular flexibility index (Phi) is 2.63. The zero-order valence-corrected chi connectivity index (χ0v) is 8.26. The van der Waals surface area contributed by atoms with Crippen LogP contribution in [0.4, 0.5) is 0 Å². The fourth-order valence-electron chi connectivity index (χ4n) is 1.31. The summed E-state index contributed by atoms with van der Waals surface area (Å²) in [6.45, 7) is 0.789. The predicted molar refractivity (Wildman–Crippen MR) is 49.6 cm³/mol. The van der Waals surface area contributed by atoms with Gasteiger partial charge in [-0.3, -0.25) is 4.79 Å². The Morgan fingerprint density at radius 3 is 2.93 bits per heavy atom. The van der Waals surface area contributed by atoms with Crippen LogP contribution in [0.15, 0.2) is 6.33 Å². The number of tetrazole rings is 1. The first kappa shape index (κ1) is 10.0. The van der Waals surface area contributed by atoms with Crippen molar-refractivity contribution in [2.24, 2.45) is 5.41 Å². The fraction of sp³-hybridized carbons (Fsp3) is 0.750. The van der Waals surface area contributed by atoms with Crippen molar-refractivity contribution in [1.82, 2.24) is 25.5 Å². The Hall–Kier alpha value is -1.50. The van der Waals surface area contributed by atoms with Crippen molar-refractivity contribution in [1.29, 1.82) is 0 Å². The second-order valence-corrected chi connectivity index (χ2v) is 3.94. The number of aromatic nitrogens is 4. The van der Waals surface area contributed by atoms with Gasteiger partial charge in [0.15, 0.2) is 0 Å². The van der Waals surface area contributed by atoms with E-state index >= 15 is 0 Å². The van der Waals surface area contributed by atoms with E-state index < -0.39 is 0 Å². The molecule has 0 aromatic carbocycles. The van der Waals surface area contributed by atoms with Gasteiger partial charge in [-0.1, -0.05) is 0 Å². The highest BCUT2D eigenvalue weighted by Gasteiger charge is 2.41. The molecule has 2 rings (SSSR count). The third-order valence-corrected chi connectivity index (χ3v) is 2.65. The lowest BCUT2D eigenvalue weighted by molar-refractivity contribution is -0.122. The number of hydrogen-bond donors (Lipinski definition) is 2. The quantitative estimate of drug-likeness (QED) is 0.622. The highest BCUT2D eigenvalue weighted by molar-refractivity contribution is 5.75. The number of rotatable bonds is 5. The second-order valence-electron chi connectivity index (χ2n) is 3.94. The molecule has 82 valence electrons. The van der Waals surface area contributed by atoms with E-state index in [0.29, 0.717) is 6.54 Å². The molecule has 2 N–H and O–H groups in total. The molecule has 1 aromatic rings. The lowest BCUT2D eigenvalue weighted by Crippen LogP contribution is -2.34. The van der Waals surface area contributed by atoms with Crippen molar-refractivity contribution >= 4 is 5.91 Å². The maximum absolute atomic E-state index is 11.4. The highest BCUT2D eigenvalue weighted by atomic mass is 16.3. The molecule has 1 saturated carbocycles. The smallest absolute Gasteiger partial charge is 0.241 e. The lowest BCUT2D eigenvalue weighted by atomic mass is 10.1. The van der Waals surface area contributed by atoms with E-state index in [4.69, 9.17) is 5.11 Å². The van der Waals surface area contributed by atoms with E-state index in [1.165, 1.54) is 11.0 Å². The van der Waals surface area contributed by atoms with Crippen molar-refractivity contribution in [3.63, 3.8) is 0 Å². The summed E-state index contributed by atoms with van der Waals surface area (Å²) < 4.78 is 1.36. The summed E-state index contributed by atoms with van der Waals surface area (Å²) in [5.41, 5.74) is -0.0592. The number of aliphatic hydroxyl groups is 1. The fourth-order valence-corrected chi connectivity index (χ4v) is 1.31. The molecule has 1 aliphatic carbocycles. The van der Waals surface area contributed by atoms with Gasteiger partial charge in [-0.25, -0.2) is 4.68 Å². The Morgan fingerprint density at radius 1 is 1.60 bits per heavy atom. The van der Waals surface area contributed by atoms with Gasteiger partial charge < -0.3 is 10.4 Å². The van der Waals surface area contributed by atoms with Gasteiger partial charge in [0.2, 0.25) is 5.91 Å². The van der Waals surface area contributed by atoms with Gasteiger partial charge in [0, 0.05) is 12.0 Å². The first-order valence-corrected chi connectivity index (χ1v) is 4.82. The molecule has 1 fully saturated rings. The number of nitrogens with zero attached hydrogens (tertiary/aromatic N) is 4. The number of carbonyl (C=O) groups excluding carboxylic acids is 1. The van der Waals surface area contributed by atoms with Crippen LogP contribution in [0.1, 0.15) is 12.8 Å². The van der Waals surface area contributed by atoms with Gasteiger partial charge in [0.1, 0.15) is 12.9 Å². The maximum Gasteiger partial charge on any atom is 0.241 e. The van der Waals surface area contributed by atoms with E-state index in [1.54, 1.807) is 0 Å². The van der Waals surface area contributed by atoms with Crippen LogP contribution in [0.3, 0.4) is 0 Å². The minimum absolute atomic E-state index is 0.0592. The summed E-state index contributed by atoms with van der Waals surface area (Å²) in [5.74, 6) is -0.137. The Labute approximate surface area is 86.5 Å². The molecule has 0 radical (unpaired) electrons. The summed E-state index contributed by atoms with van der Waals surface area (Å²) in [7, 11) is 0. The molecule has 1 aliphatic rings. The summed E-state index contributed by atoms with van der Waals surface area (Å²) >= 11 is 0. The van der Waals surface area contributed by atoms with Crippen LogP contribution >= 0.6 is 0 Å². The number of hydrogen-bond acceptors (Lipinski definition) is 5. The van der Waals surface area contributed by atoms with Crippen LogP contribution in [-0.4, -0.2) is 44.4 Å². The first-order valence-electron chi connectivity index (χ1n) is 4.82. The molecule has 1 aromatic heterocycles. The van der Waals surface area contributed by atoms with E-state index in [2.05, 4.69) is 20.8 Å². The highest BCUT2D eigenvalue weighted by Crippen LogP contribution is 2.44. The van der Waals surface area contributed by atoms with E-state index in [9.17, 15) is 4.79 Å². The van der Waals surface area contributed by atoms with Crippen LogP contribution in [0.2, 0.25) is 0 Å². The van der Waals surface area contributed by atoms with Gasteiger partial charge >= 0.3 is 0 Å². The standard InChI is InChI=1S/C8H13N5O2/c14-5-8(1-2-8)4-9-7(15)3-13-6-10-11-12-13/h6,14H,1-5H2,(H,9,15). The number of nitrogens with one attached hydrogen (secondary N) is 1. The third kappa shape index (κ3) is 2.50. The summed E-state index contributed by atoms with van der Waals surface area (Å²) in [6.07, 6.45) is 3.35. The van der Waals surface area contributed by atoms with Crippen molar-refractivity contribution in [2.45, 2.75) is 19.4 Å². The predicted octanol–water partition coefficient (Wildman–Crippen LogP) is -1.44. The van der Waals surface area contributed by atoms with Gasteiger partial charge in [0.25, 0.3) is 0 Å². The number of amides is 1. The van der Waals surface area contributed by atoms with Crippen LogP contribution in [0.25, 0.3) is 0 Å². The van der Waals surface area contributed by atoms with Crippen molar-refractivity contribution in [3.05, 3.63) is 6.33 Å². The number of carbonyl (C=O) groups is 1. The minimum atomic E-state index is -0.137. The molecular formula is C8H13N5O2. The summed E-state index contributed by atoms with van der Waals surface area (Å²) in [6, 6.07) is 0. The van der Waals surface area contributed by atoms with Crippen molar-refractivity contribution < 1.29 is 9.90 Å². The zero-order chi connectivity index (χ0) is 10.7. The molecule has 0 saturated heterocycles. The SMILES string of the molecule is O=C(Cn1cnnn1)NCC1(CO)CC1. The summed E-state index contributed by atoms with van der Waals surface area (Å²) in [5, 5.41) is 22.2. The van der Waals surface area contributed by atoms with E-state index in [0.717, 1.165) is 12.8 Å². The van der Waals surface area contributed by atoms with Gasteiger partial charge in [-0.05, 0) is 23.3 Å². The van der Waals surface area contributed by atoms with Crippen LogP contribution in [0.5, 0.6) is 0 Å². The molecule has 0 aliphatic heterocycles. The van der Waals surface area contributed by atoms with Crippen LogP contribution in [-0.2, 0) is 11.3 Å².